The summed E-state index contributed by atoms with van der Waals surface area (Å²) < 4.78 is 33.0. The van der Waals surface area contributed by atoms with Gasteiger partial charge in [-0.15, -0.1) is 0 Å². The lowest BCUT2D eigenvalue weighted by Gasteiger charge is -2.19. The fourth-order valence-electron chi connectivity index (χ4n) is 9.82. The molecule has 0 spiro atoms. The van der Waals surface area contributed by atoms with Crippen LogP contribution in [0.15, 0.2) is 0 Å². The van der Waals surface area contributed by atoms with Crippen molar-refractivity contribution in [1.82, 2.24) is 0 Å². The highest BCUT2D eigenvalue weighted by molar-refractivity contribution is 7.47. The first-order valence-corrected chi connectivity index (χ1v) is 33.0. The molecule has 0 aromatic carbocycles. The van der Waals surface area contributed by atoms with Crippen molar-refractivity contribution in [2.75, 3.05) is 26.4 Å². The van der Waals surface area contributed by atoms with E-state index in [1.807, 2.05) is 0 Å². The Hall–Kier alpha value is -0.990. The summed E-state index contributed by atoms with van der Waals surface area (Å²) in [6, 6.07) is 0. The maximum atomic E-state index is 12.7. The molecule has 0 bridgehead atoms. The van der Waals surface area contributed by atoms with Crippen molar-refractivity contribution in [3.05, 3.63) is 0 Å². The van der Waals surface area contributed by atoms with E-state index in [1.54, 1.807) is 0 Å². The summed E-state index contributed by atoms with van der Waals surface area (Å²) in [5.41, 5.74) is 5.38. The number of ether oxygens (including phenoxy) is 2. The van der Waals surface area contributed by atoms with Crippen LogP contribution in [0.2, 0.25) is 0 Å². The molecule has 3 N–H and O–H groups in total. The van der Waals surface area contributed by atoms with E-state index < -0.39 is 26.5 Å². The first-order valence-electron chi connectivity index (χ1n) is 31.5. The number of hydrogen-bond donors (Lipinski definition) is 2. The molecule has 0 heterocycles. The molecule has 0 aromatic rings. The highest BCUT2D eigenvalue weighted by Gasteiger charge is 2.26. The summed E-state index contributed by atoms with van der Waals surface area (Å²) in [4.78, 5) is 35.1. The molecule has 71 heavy (non-hydrogen) atoms. The third-order valence-electron chi connectivity index (χ3n) is 14.5. The minimum Gasteiger partial charge on any atom is -0.462 e. The Morgan fingerprint density at radius 1 is 0.366 bits per heavy atom. The highest BCUT2D eigenvalue weighted by atomic mass is 31.2. The van der Waals surface area contributed by atoms with Gasteiger partial charge in [-0.25, -0.2) is 4.57 Å². The van der Waals surface area contributed by atoms with Crippen LogP contribution < -0.4 is 5.73 Å². The van der Waals surface area contributed by atoms with Crippen LogP contribution in [0.1, 0.15) is 348 Å². The lowest BCUT2D eigenvalue weighted by atomic mass is 10.0. The van der Waals surface area contributed by atoms with E-state index >= 15 is 0 Å². The molecule has 0 aliphatic rings. The standard InChI is InChI=1S/C61H122NO8P/c1-3-5-7-9-11-13-15-17-19-20-21-22-23-24-25-26-27-28-29-30-31-32-33-34-35-36-37-38-40-42-44-46-48-50-52-54-61(64)70-59(58-69-71(65,66)68-56-55-62)57-67-60(63)53-51-49-47-45-43-41-39-18-16-14-12-10-8-6-4-2/h59H,3-58,62H2,1-2H3,(H,65,66). The van der Waals surface area contributed by atoms with Crippen molar-refractivity contribution in [1.29, 1.82) is 0 Å². The minimum absolute atomic E-state index is 0.0585. The van der Waals surface area contributed by atoms with Crippen LogP contribution in [-0.4, -0.2) is 49.3 Å². The van der Waals surface area contributed by atoms with Gasteiger partial charge in [-0.3, -0.25) is 18.6 Å². The topological polar surface area (TPSA) is 134 Å². The lowest BCUT2D eigenvalue weighted by Crippen LogP contribution is -2.29. The van der Waals surface area contributed by atoms with Crippen molar-refractivity contribution >= 4 is 19.8 Å². The van der Waals surface area contributed by atoms with Crippen molar-refractivity contribution < 1.29 is 37.6 Å². The van der Waals surface area contributed by atoms with Crippen molar-refractivity contribution in [3.63, 3.8) is 0 Å². The number of phosphoric ester groups is 1. The first-order chi connectivity index (χ1) is 34.8. The Bertz CT molecular complexity index is 1130. The molecule has 0 aliphatic heterocycles. The summed E-state index contributed by atoms with van der Waals surface area (Å²) >= 11 is 0. The monoisotopic (exact) mass is 1030 g/mol. The molecular weight excluding hydrogens is 906 g/mol. The SMILES string of the molecule is CCCCCCCCCCCCCCCCCCCCCCCCCCCCCCCCCCCCCC(=O)OC(COC(=O)CCCCCCCCCCCCCCCCC)COP(=O)(O)OCCN. The molecule has 0 aliphatic carbocycles. The predicted molar refractivity (Wildman–Crippen MR) is 303 cm³/mol. The maximum Gasteiger partial charge on any atom is 0.472 e. The van der Waals surface area contributed by atoms with E-state index in [0.29, 0.717) is 6.42 Å². The zero-order valence-corrected chi connectivity index (χ0v) is 48.4. The number of phosphoric acid groups is 1. The van der Waals surface area contributed by atoms with Gasteiger partial charge in [0.05, 0.1) is 13.2 Å². The van der Waals surface area contributed by atoms with Crippen molar-refractivity contribution in [2.24, 2.45) is 5.73 Å². The Morgan fingerprint density at radius 2 is 0.606 bits per heavy atom. The van der Waals surface area contributed by atoms with E-state index in [9.17, 15) is 19.0 Å². The number of carbonyl (C=O) groups is 2. The molecule has 0 amide bonds. The van der Waals surface area contributed by atoms with Crippen LogP contribution in [0.25, 0.3) is 0 Å². The number of carbonyl (C=O) groups excluding carboxylic acids is 2. The van der Waals surface area contributed by atoms with E-state index in [-0.39, 0.29) is 38.6 Å². The Kier molecular flexibility index (Phi) is 57.5. The normalized spacial score (nSPS) is 12.9. The van der Waals surface area contributed by atoms with Gasteiger partial charge in [0.2, 0.25) is 0 Å². The summed E-state index contributed by atoms with van der Waals surface area (Å²) in [6.07, 6.45) is 66.3. The third-order valence-corrected chi connectivity index (χ3v) is 15.5. The molecule has 2 unspecified atom stereocenters. The van der Waals surface area contributed by atoms with Gasteiger partial charge in [0.1, 0.15) is 6.61 Å². The van der Waals surface area contributed by atoms with Crippen LogP contribution in [-0.2, 0) is 32.7 Å². The quantitative estimate of drug-likeness (QED) is 0.0347. The van der Waals surface area contributed by atoms with Crippen LogP contribution in [0, 0.1) is 0 Å². The molecule has 0 rings (SSSR count). The van der Waals surface area contributed by atoms with Gasteiger partial charge in [-0.05, 0) is 12.8 Å². The molecule has 10 heteroatoms. The Balaban J connectivity index is 3.75. The molecule has 0 saturated heterocycles. The molecule has 0 radical (unpaired) electrons. The van der Waals surface area contributed by atoms with Gasteiger partial charge in [0, 0.05) is 19.4 Å². The fraction of sp³-hybridized carbons (Fsp3) is 0.967. The van der Waals surface area contributed by atoms with Crippen molar-refractivity contribution in [2.45, 2.75) is 354 Å². The molecule has 0 fully saturated rings. The van der Waals surface area contributed by atoms with E-state index in [1.165, 1.54) is 283 Å². The zero-order chi connectivity index (χ0) is 51.7. The average Bonchev–Trinajstić information content (AvgIpc) is 3.36. The van der Waals surface area contributed by atoms with Gasteiger partial charge in [0.15, 0.2) is 6.10 Å². The fourth-order valence-corrected chi connectivity index (χ4v) is 10.6. The highest BCUT2D eigenvalue weighted by Crippen LogP contribution is 2.43. The molecule has 0 aromatic heterocycles. The summed E-state index contributed by atoms with van der Waals surface area (Å²) in [5, 5.41) is 0. The molecule has 2 atom stereocenters. The number of nitrogens with two attached hydrogens (primary N) is 1. The predicted octanol–water partition coefficient (Wildman–Crippen LogP) is 19.9. The average molecular weight is 1030 g/mol. The second-order valence-corrected chi connectivity index (χ2v) is 23.1. The number of unbranched alkanes of at least 4 members (excludes halogenated alkanes) is 48. The zero-order valence-electron chi connectivity index (χ0n) is 47.5. The number of hydrogen-bond acceptors (Lipinski definition) is 8. The smallest absolute Gasteiger partial charge is 0.462 e. The molecule has 0 saturated carbocycles. The van der Waals surface area contributed by atoms with Crippen LogP contribution >= 0.6 is 7.82 Å². The van der Waals surface area contributed by atoms with Crippen LogP contribution in [0.5, 0.6) is 0 Å². The third kappa shape index (κ3) is 58.1. The Labute approximate surface area is 441 Å². The molecular formula is C61H122NO8P. The van der Waals surface area contributed by atoms with Gasteiger partial charge < -0.3 is 20.1 Å². The van der Waals surface area contributed by atoms with Crippen LogP contribution in [0.3, 0.4) is 0 Å². The van der Waals surface area contributed by atoms with Gasteiger partial charge in [-0.2, -0.15) is 0 Å². The first kappa shape index (κ1) is 70.0. The molecule has 424 valence electrons. The van der Waals surface area contributed by atoms with E-state index in [2.05, 4.69) is 13.8 Å². The van der Waals surface area contributed by atoms with Gasteiger partial charge in [-0.1, -0.05) is 322 Å². The molecule has 9 nitrogen and oxygen atoms in total. The largest absolute Gasteiger partial charge is 0.472 e. The van der Waals surface area contributed by atoms with E-state index in [0.717, 1.165) is 32.1 Å². The second-order valence-electron chi connectivity index (χ2n) is 21.7. The van der Waals surface area contributed by atoms with Crippen LogP contribution in [0.4, 0.5) is 0 Å². The Morgan fingerprint density at radius 3 is 0.859 bits per heavy atom. The van der Waals surface area contributed by atoms with E-state index in [4.69, 9.17) is 24.3 Å². The number of rotatable bonds is 61. The second kappa shape index (κ2) is 58.3. The van der Waals surface area contributed by atoms with Gasteiger partial charge >= 0.3 is 19.8 Å². The maximum absolute atomic E-state index is 12.7. The summed E-state index contributed by atoms with van der Waals surface area (Å²) in [5.74, 6) is -0.803. The summed E-state index contributed by atoms with van der Waals surface area (Å²) in [7, 11) is -4.38. The summed E-state index contributed by atoms with van der Waals surface area (Å²) in [6.45, 7) is 3.82. The minimum atomic E-state index is -4.38. The lowest BCUT2D eigenvalue weighted by molar-refractivity contribution is -0.161. The van der Waals surface area contributed by atoms with Gasteiger partial charge in [0.25, 0.3) is 0 Å². The number of esters is 2. The van der Waals surface area contributed by atoms with Crippen molar-refractivity contribution in [3.8, 4) is 0 Å².